The quantitative estimate of drug-likeness (QED) is 0.729. The van der Waals surface area contributed by atoms with Crippen LogP contribution in [0.5, 0.6) is 11.6 Å². The second-order valence-electron chi connectivity index (χ2n) is 4.33. The maximum atomic E-state index is 5.72. The monoisotopic (exact) mass is 267 g/mol. The van der Waals surface area contributed by atoms with Gasteiger partial charge in [-0.2, -0.15) is 10.1 Å². The highest BCUT2D eigenvalue weighted by Gasteiger charge is 2.03. The second kappa shape index (κ2) is 5.08. The summed E-state index contributed by atoms with van der Waals surface area (Å²) in [6.07, 6.45) is 3.14. The normalized spacial score (nSPS) is 10.5. The van der Waals surface area contributed by atoms with Gasteiger partial charge < -0.3 is 4.74 Å². The molecule has 2 aromatic heterocycles. The van der Waals surface area contributed by atoms with E-state index in [0.29, 0.717) is 17.5 Å². The highest BCUT2D eigenvalue weighted by Crippen LogP contribution is 2.21. The van der Waals surface area contributed by atoms with Gasteiger partial charge in [-0.15, -0.1) is 0 Å². The predicted molar refractivity (Wildman–Crippen MR) is 72.9 cm³/mol. The van der Waals surface area contributed by atoms with Crippen LogP contribution in [0.25, 0.3) is 5.69 Å². The Morgan fingerprint density at radius 2 is 1.85 bits per heavy atom. The molecule has 1 aromatic carbocycles. The minimum absolute atomic E-state index is 0.545. The molecule has 0 amide bonds. The molecule has 20 heavy (non-hydrogen) atoms. The Hall–Kier alpha value is -2.76. The van der Waals surface area contributed by atoms with E-state index in [0.717, 1.165) is 11.4 Å². The number of rotatable bonds is 3. The van der Waals surface area contributed by atoms with Crippen LogP contribution in [0, 0.1) is 13.8 Å². The third-order valence-electron chi connectivity index (χ3n) is 2.68. The van der Waals surface area contributed by atoms with Gasteiger partial charge in [-0.1, -0.05) is 0 Å². The number of benzene rings is 1. The third-order valence-corrected chi connectivity index (χ3v) is 2.68. The van der Waals surface area contributed by atoms with Crippen molar-refractivity contribution >= 4 is 0 Å². The largest absolute Gasteiger partial charge is 0.439 e. The first-order chi connectivity index (χ1) is 9.70. The molecule has 0 radical (unpaired) electrons. The van der Waals surface area contributed by atoms with Gasteiger partial charge in [0.2, 0.25) is 5.88 Å². The number of aryl methyl sites for hydroxylation is 2. The number of hydrogen-bond acceptors (Lipinski definition) is 5. The van der Waals surface area contributed by atoms with Crippen LogP contribution in [0.1, 0.15) is 11.5 Å². The number of aromatic nitrogens is 5. The zero-order chi connectivity index (χ0) is 13.9. The van der Waals surface area contributed by atoms with Crippen LogP contribution in [-0.2, 0) is 0 Å². The minimum atomic E-state index is 0.545. The molecule has 2 heterocycles. The highest BCUT2D eigenvalue weighted by atomic mass is 16.5. The van der Waals surface area contributed by atoms with Crippen molar-refractivity contribution in [1.82, 2.24) is 24.7 Å². The average molecular weight is 267 g/mol. The molecule has 100 valence electrons. The van der Waals surface area contributed by atoms with E-state index in [1.54, 1.807) is 17.1 Å². The lowest BCUT2D eigenvalue weighted by molar-refractivity contribution is 0.459. The smallest absolute Gasteiger partial charge is 0.222 e. The fourth-order valence-electron chi connectivity index (χ4n) is 1.86. The molecular formula is C14H13N5O. The molecule has 0 aliphatic rings. The zero-order valence-corrected chi connectivity index (χ0v) is 11.2. The number of nitrogens with zero attached hydrogens (tertiary/aromatic N) is 5. The van der Waals surface area contributed by atoms with Crippen molar-refractivity contribution in [2.75, 3.05) is 0 Å². The first-order valence-corrected chi connectivity index (χ1v) is 6.16. The first-order valence-electron chi connectivity index (χ1n) is 6.16. The van der Waals surface area contributed by atoms with Crippen LogP contribution in [-0.4, -0.2) is 24.7 Å². The topological polar surface area (TPSA) is 65.7 Å². The van der Waals surface area contributed by atoms with Gasteiger partial charge in [0.05, 0.1) is 5.69 Å². The van der Waals surface area contributed by atoms with Gasteiger partial charge in [-0.3, -0.25) is 0 Å². The maximum absolute atomic E-state index is 5.72. The molecule has 0 aliphatic carbocycles. The van der Waals surface area contributed by atoms with Gasteiger partial charge in [0.25, 0.3) is 0 Å². The van der Waals surface area contributed by atoms with E-state index in [-0.39, 0.29) is 0 Å². The van der Waals surface area contributed by atoms with Gasteiger partial charge >= 0.3 is 0 Å². The summed E-state index contributed by atoms with van der Waals surface area (Å²) in [5.74, 6) is 1.95. The Balaban J connectivity index is 1.81. The lowest BCUT2D eigenvalue weighted by Crippen LogP contribution is -1.96. The van der Waals surface area contributed by atoms with E-state index in [9.17, 15) is 0 Å². The molecule has 0 spiro atoms. The van der Waals surface area contributed by atoms with Crippen molar-refractivity contribution in [3.8, 4) is 17.3 Å². The van der Waals surface area contributed by atoms with E-state index in [1.165, 1.54) is 6.33 Å². The molecule has 0 aliphatic heterocycles. The number of ether oxygens (including phenoxy) is 1. The molecule has 0 N–H and O–H groups in total. The average Bonchev–Trinajstić information content (AvgIpc) is 2.92. The molecule has 6 nitrogen and oxygen atoms in total. The van der Waals surface area contributed by atoms with Crippen LogP contribution < -0.4 is 4.74 Å². The summed E-state index contributed by atoms with van der Waals surface area (Å²) in [6, 6.07) is 9.35. The summed E-state index contributed by atoms with van der Waals surface area (Å²) in [6.45, 7) is 3.75. The Kier molecular flexibility index (Phi) is 3.12. The molecular weight excluding hydrogens is 254 g/mol. The van der Waals surface area contributed by atoms with Crippen molar-refractivity contribution in [2.24, 2.45) is 0 Å². The van der Waals surface area contributed by atoms with E-state index >= 15 is 0 Å². The van der Waals surface area contributed by atoms with Gasteiger partial charge in [0.1, 0.15) is 24.2 Å². The fourth-order valence-corrected chi connectivity index (χ4v) is 1.86. The van der Waals surface area contributed by atoms with E-state index in [4.69, 9.17) is 4.74 Å². The van der Waals surface area contributed by atoms with Crippen molar-refractivity contribution < 1.29 is 4.74 Å². The van der Waals surface area contributed by atoms with Crippen LogP contribution in [0.4, 0.5) is 0 Å². The lowest BCUT2D eigenvalue weighted by Gasteiger charge is -2.07. The van der Waals surface area contributed by atoms with Gasteiger partial charge in [0.15, 0.2) is 0 Å². The summed E-state index contributed by atoms with van der Waals surface area (Å²) < 4.78 is 7.40. The van der Waals surface area contributed by atoms with Crippen molar-refractivity contribution in [2.45, 2.75) is 13.8 Å². The van der Waals surface area contributed by atoms with Gasteiger partial charge in [-0.25, -0.2) is 14.6 Å². The van der Waals surface area contributed by atoms with E-state index in [2.05, 4.69) is 20.1 Å². The van der Waals surface area contributed by atoms with Gasteiger partial charge in [-0.05, 0) is 38.1 Å². The fraction of sp³-hybridized carbons (Fsp3) is 0.143. The van der Waals surface area contributed by atoms with Crippen LogP contribution >= 0.6 is 0 Å². The van der Waals surface area contributed by atoms with E-state index < -0.39 is 0 Å². The van der Waals surface area contributed by atoms with Crippen molar-refractivity contribution in [1.29, 1.82) is 0 Å². The van der Waals surface area contributed by atoms with Gasteiger partial charge in [0, 0.05) is 11.8 Å². The van der Waals surface area contributed by atoms with Crippen molar-refractivity contribution in [3.05, 3.63) is 54.5 Å². The molecule has 0 atom stereocenters. The first kappa shape index (κ1) is 12.3. The summed E-state index contributed by atoms with van der Waals surface area (Å²) >= 11 is 0. The molecule has 3 aromatic rings. The highest BCUT2D eigenvalue weighted by molar-refractivity contribution is 5.37. The molecule has 0 bridgehead atoms. The van der Waals surface area contributed by atoms with Crippen LogP contribution in [0.2, 0.25) is 0 Å². The molecule has 6 heteroatoms. The predicted octanol–water partition coefficient (Wildman–Crippen LogP) is 2.47. The molecule has 0 saturated carbocycles. The lowest BCUT2D eigenvalue weighted by atomic mass is 10.3. The Labute approximate surface area is 116 Å². The SMILES string of the molecule is Cc1cc(Oc2ccc(-n3cncn3)cc2)nc(C)n1. The van der Waals surface area contributed by atoms with Crippen molar-refractivity contribution in [3.63, 3.8) is 0 Å². The number of hydrogen-bond donors (Lipinski definition) is 0. The summed E-state index contributed by atoms with van der Waals surface area (Å²) in [7, 11) is 0. The zero-order valence-electron chi connectivity index (χ0n) is 11.2. The summed E-state index contributed by atoms with van der Waals surface area (Å²) in [5, 5.41) is 4.07. The second-order valence-corrected chi connectivity index (χ2v) is 4.33. The summed E-state index contributed by atoms with van der Waals surface area (Å²) in [4.78, 5) is 12.4. The minimum Gasteiger partial charge on any atom is -0.439 e. The standard InChI is InChI=1S/C14H13N5O/c1-10-7-14(18-11(2)17-10)20-13-5-3-12(4-6-13)19-9-15-8-16-19/h3-9H,1-2H3. The Morgan fingerprint density at radius 3 is 2.50 bits per heavy atom. The Morgan fingerprint density at radius 1 is 1.05 bits per heavy atom. The molecule has 0 unspecified atom stereocenters. The molecule has 0 saturated heterocycles. The Bertz CT molecular complexity index is 687. The maximum Gasteiger partial charge on any atom is 0.222 e. The van der Waals surface area contributed by atoms with Crippen LogP contribution in [0.3, 0.4) is 0 Å². The molecule has 0 fully saturated rings. The third kappa shape index (κ3) is 2.64. The van der Waals surface area contributed by atoms with Crippen LogP contribution in [0.15, 0.2) is 43.0 Å². The van der Waals surface area contributed by atoms with E-state index in [1.807, 2.05) is 38.1 Å². The summed E-state index contributed by atoms with van der Waals surface area (Å²) in [5.41, 5.74) is 1.80. The molecule has 3 rings (SSSR count).